The molecule has 0 N–H and O–H groups in total. The number of aryl methyl sites for hydroxylation is 1. The molecule has 3 heterocycles. The van der Waals surface area contributed by atoms with Crippen molar-refractivity contribution in [3.8, 4) is 0 Å². The van der Waals surface area contributed by atoms with Crippen LogP contribution in [0.25, 0.3) is 0 Å². The van der Waals surface area contributed by atoms with E-state index in [1.54, 1.807) is 13.0 Å². The van der Waals surface area contributed by atoms with Crippen LogP contribution in [0, 0.1) is 6.92 Å². The van der Waals surface area contributed by atoms with Crippen molar-refractivity contribution in [2.75, 3.05) is 13.1 Å². The third kappa shape index (κ3) is 3.30. The van der Waals surface area contributed by atoms with Crippen LogP contribution in [-0.2, 0) is 22.1 Å². The Morgan fingerprint density at radius 3 is 2.40 bits per heavy atom. The summed E-state index contributed by atoms with van der Waals surface area (Å²) in [7, 11) is -3.59. The van der Waals surface area contributed by atoms with E-state index in [2.05, 4.69) is 5.10 Å². The number of hydrogen-bond donors (Lipinski definition) is 0. The zero-order valence-electron chi connectivity index (χ0n) is 15.0. The van der Waals surface area contributed by atoms with Crippen LogP contribution < -0.4 is 5.69 Å². The first-order valence-corrected chi connectivity index (χ1v) is 9.80. The van der Waals surface area contributed by atoms with Crippen molar-refractivity contribution in [2.24, 2.45) is 0 Å². The largest absolute Gasteiger partial charge is 0.446 e. The summed E-state index contributed by atoms with van der Waals surface area (Å²) in [6, 6.07) is 3.06. The first-order valence-electron chi connectivity index (χ1n) is 8.36. The molecule has 9 heteroatoms. The van der Waals surface area contributed by atoms with Gasteiger partial charge < -0.3 is 4.42 Å². The molecule has 2 aromatic heterocycles. The highest BCUT2D eigenvalue weighted by Gasteiger charge is 2.30. The average Bonchev–Trinajstić information content (AvgIpc) is 3.22. The number of sulfonamides is 1. The van der Waals surface area contributed by atoms with E-state index in [4.69, 9.17) is 4.42 Å². The van der Waals surface area contributed by atoms with Crippen molar-refractivity contribution in [1.82, 2.24) is 18.7 Å². The van der Waals surface area contributed by atoms with Gasteiger partial charge in [0.25, 0.3) is 10.0 Å². The fourth-order valence-corrected chi connectivity index (χ4v) is 4.35. The minimum atomic E-state index is -3.59. The molecule has 0 bridgehead atoms. The van der Waals surface area contributed by atoms with Crippen LogP contribution >= 0.6 is 0 Å². The smallest absolute Gasteiger partial charge is 0.346 e. The standard InChI is InChI=1S/C16H24N4O4S/c1-12-17-20(16(2,3)4)15(21)19(12)11-13-7-8-14(24-13)25(22,23)18-9-5-6-10-18/h7-8H,5-6,9-11H2,1-4H3. The summed E-state index contributed by atoms with van der Waals surface area (Å²) in [6.07, 6.45) is 1.74. The lowest BCUT2D eigenvalue weighted by molar-refractivity contribution is 0.338. The molecule has 0 radical (unpaired) electrons. The fourth-order valence-electron chi connectivity index (χ4n) is 2.91. The zero-order valence-corrected chi connectivity index (χ0v) is 15.8. The summed E-state index contributed by atoms with van der Waals surface area (Å²) in [5, 5.41) is 4.22. The second-order valence-corrected chi connectivity index (χ2v) is 9.20. The quantitative estimate of drug-likeness (QED) is 0.816. The fraction of sp³-hybridized carbons (Fsp3) is 0.625. The van der Waals surface area contributed by atoms with Crippen LogP contribution in [0.1, 0.15) is 45.2 Å². The van der Waals surface area contributed by atoms with Crippen LogP contribution in [0.5, 0.6) is 0 Å². The minimum Gasteiger partial charge on any atom is -0.446 e. The average molecular weight is 368 g/mol. The third-order valence-electron chi connectivity index (χ3n) is 4.29. The Morgan fingerprint density at radius 2 is 1.84 bits per heavy atom. The predicted octanol–water partition coefficient (Wildman–Crippen LogP) is 1.53. The number of furan rings is 1. The van der Waals surface area contributed by atoms with Gasteiger partial charge in [-0.1, -0.05) is 0 Å². The summed E-state index contributed by atoms with van der Waals surface area (Å²) < 4.78 is 34.9. The number of hydrogen-bond acceptors (Lipinski definition) is 5. The molecule has 3 rings (SSSR count). The lowest BCUT2D eigenvalue weighted by atomic mass is 10.1. The van der Waals surface area contributed by atoms with Crippen LogP contribution in [0.2, 0.25) is 0 Å². The van der Waals surface area contributed by atoms with Crippen LogP contribution in [0.4, 0.5) is 0 Å². The van der Waals surface area contributed by atoms with E-state index in [1.807, 2.05) is 20.8 Å². The Hall–Kier alpha value is -1.87. The normalized spacial score (nSPS) is 16.6. The van der Waals surface area contributed by atoms with E-state index >= 15 is 0 Å². The molecular weight excluding hydrogens is 344 g/mol. The van der Waals surface area contributed by atoms with E-state index in [-0.39, 0.29) is 17.3 Å². The molecular formula is C16H24N4O4S. The molecule has 0 spiro atoms. The Balaban J connectivity index is 1.88. The SMILES string of the molecule is Cc1nn(C(C)(C)C)c(=O)n1Cc1ccc(S(=O)(=O)N2CCCC2)o1. The van der Waals surface area contributed by atoms with Crippen molar-refractivity contribution in [3.63, 3.8) is 0 Å². The first kappa shape index (κ1) is 17.9. The maximum absolute atomic E-state index is 12.5. The van der Waals surface area contributed by atoms with Gasteiger partial charge in [-0.3, -0.25) is 4.57 Å². The van der Waals surface area contributed by atoms with Crippen molar-refractivity contribution in [2.45, 2.75) is 57.7 Å². The maximum atomic E-state index is 12.5. The molecule has 0 aliphatic carbocycles. The molecule has 1 fully saturated rings. The van der Waals surface area contributed by atoms with Crippen molar-refractivity contribution < 1.29 is 12.8 Å². The Morgan fingerprint density at radius 1 is 1.20 bits per heavy atom. The van der Waals surface area contributed by atoms with Gasteiger partial charge in [0.05, 0.1) is 12.1 Å². The molecule has 0 saturated carbocycles. The summed E-state index contributed by atoms with van der Waals surface area (Å²) in [5.41, 5.74) is -0.675. The third-order valence-corrected chi connectivity index (χ3v) is 6.07. The minimum absolute atomic E-state index is 0.0710. The molecule has 8 nitrogen and oxygen atoms in total. The lowest BCUT2D eigenvalue weighted by Crippen LogP contribution is -2.35. The topological polar surface area (TPSA) is 90.3 Å². The molecule has 0 unspecified atom stereocenters. The molecule has 25 heavy (non-hydrogen) atoms. The Kier molecular flexibility index (Phi) is 4.40. The zero-order chi connectivity index (χ0) is 18.4. The second kappa shape index (κ2) is 6.14. The first-order chi connectivity index (χ1) is 11.6. The van der Waals surface area contributed by atoms with Crippen LogP contribution in [0.15, 0.2) is 26.4 Å². The van der Waals surface area contributed by atoms with Gasteiger partial charge in [0.15, 0.2) is 0 Å². The van der Waals surface area contributed by atoms with Crippen molar-refractivity contribution >= 4 is 10.0 Å². The summed E-state index contributed by atoms with van der Waals surface area (Å²) in [4.78, 5) is 12.5. The molecule has 1 aliphatic rings. The second-order valence-electron chi connectivity index (χ2n) is 7.33. The lowest BCUT2D eigenvalue weighted by Gasteiger charge is -2.16. The highest BCUT2D eigenvalue weighted by atomic mass is 32.2. The molecule has 1 saturated heterocycles. The summed E-state index contributed by atoms with van der Waals surface area (Å²) in [5.74, 6) is 0.969. The molecule has 1 aliphatic heterocycles. The maximum Gasteiger partial charge on any atom is 0.346 e. The van der Waals surface area contributed by atoms with E-state index < -0.39 is 15.6 Å². The van der Waals surface area contributed by atoms with Gasteiger partial charge in [0.2, 0.25) is 5.09 Å². The highest BCUT2D eigenvalue weighted by molar-refractivity contribution is 7.89. The van der Waals surface area contributed by atoms with Crippen LogP contribution in [-0.4, -0.2) is 40.2 Å². The molecule has 138 valence electrons. The summed E-state index contributed by atoms with van der Waals surface area (Å²) >= 11 is 0. The molecule has 0 amide bonds. The van der Waals surface area contributed by atoms with Gasteiger partial charge >= 0.3 is 5.69 Å². The Labute approximate surface area is 147 Å². The van der Waals surface area contributed by atoms with Gasteiger partial charge in [0.1, 0.15) is 11.6 Å². The van der Waals surface area contributed by atoms with Gasteiger partial charge in [-0.2, -0.15) is 9.40 Å². The highest BCUT2D eigenvalue weighted by Crippen LogP contribution is 2.23. The predicted molar refractivity (Wildman–Crippen MR) is 92.0 cm³/mol. The van der Waals surface area contributed by atoms with Gasteiger partial charge in [0, 0.05) is 13.1 Å². The van der Waals surface area contributed by atoms with Gasteiger partial charge in [-0.25, -0.2) is 17.9 Å². The molecule has 0 atom stereocenters. The number of rotatable bonds is 4. The molecule has 0 aromatic carbocycles. The Bertz CT molecular complexity index is 924. The van der Waals surface area contributed by atoms with E-state index in [9.17, 15) is 13.2 Å². The van der Waals surface area contributed by atoms with Gasteiger partial charge in [-0.15, -0.1) is 0 Å². The van der Waals surface area contributed by atoms with E-state index in [1.165, 1.54) is 19.6 Å². The van der Waals surface area contributed by atoms with Crippen molar-refractivity contribution in [1.29, 1.82) is 0 Å². The van der Waals surface area contributed by atoms with Crippen molar-refractivity contribution in [3.05, 3.63) is 34.2 Å². The number of nitrogens with zero attached hydrogens (tertiary/aromatic N) is 4. The number of aromatic nitrogens is 3. The van der Waals surface area contributed by atoms with E-state index in [0.717, 1.165) is 12.8 Å². The monoisotopic (exact) mass is 368 g/mol. The van der Waals surface area contributed by atoms with Gasteiger partial charge in [-0.05, 0) is 52.7 Å². The van der Waals surface area contributed by atoms with E-state index in [0.29, 0.717) is 24.7 Å². The van der Waals surface area contributed by atoms with Crippen LogP contribution in [0.3, 0.4) is 0 Å². The molecule has 2 aromatic rings. The summed E-state index contributed by atoms with van der Waals surface area (Å²) in [6.45, 7) is 8.64.